The molecule has 5 aromatic rings. The van der Waals surface area contributed by atoms with Crippen molar-refractivity contribution in [1.29, 1.82) is 0 Å². The second-order valence-electron chi connectivity index (χ2n) is 9.64. The first-order valence-corrected chi connectivity index (χ1v) is 13.3. The van der Waals surface area contributed by atoms with Crippen LogP contribution in [0.15, 0.2) is 115 Å². The van der Waals surface area contributed by atoms with Crippen LogP contribution in [-0.2, 0) is 11.2 Å². The average molecular weight is 560 g/mol. The normalized spacial score (nSPS) is 11.4. The predicted octanol–water partition coefficient (Wildman–Crippen LogP) is 5.79. The summed E-state index contributed by atoms with van der Waals surface area (Å²) in [6, 6.07) is 32.0. The molecule has 0 aliphatic heterocycles. The SMILES string of the molecule is COc1ccc(C(=O)Nc2ccccc2C(=O)N[C@H](Cc2ccc(O)cc2)C(=O)Nc2cccc3ccccc23)cc1. The van der Waals surface area contributed by atoms with E-state index in [1.165, 1.54) is 12.1 Å². The summed E-state index contributed by atoms with van der Waals surface area (Å²) in [6.07, 6.45) is 0.170. The molecule has 0 radical (unpaired) electrons. The van der Waals surface area contributed by atoms with E-state index in [9.17, 15) is 19.5 Å². The summed E-state index contributed by atoms with van der Waals surface area (Å²) in [5.74, 6) is -0.619. The Hall–Kier alpha value is -5.63. The van der Waals surface area contributed by atoms with E-state index in [0.29, 0.717) is 22.7 Å². The molecule has 5 rings (SSSR count). The number of amides is 3. The van der Waals surface area contributed by atoms with E-state index in [0.717, 1.165) is 16.3 Å². The molecule has 5 aromatic carbocycles. The van der Waals surface area contributed by atoms with Gasteiger partial charge in [0.05, 0.1) is 18.4 Å². The number of nitrogens with one attached hydrogen (secondary N) is 3. The molecule has 3 amide bonds. The van der Waals surface area contributed by atoms with Crippen LogP contribution < -0.4 is 20.7 Å². The standard InChI is InChI=1S/C34H29N3O5/c1-42-26-19-15-24(16-20-26)32(39)35-30-11-5-4-10-28(30)33(40)37-31(21-22-13-17-25(38)18-14-22)34(41)36-29-12-6-8-23-7-2-3-9-27(23)29/h2-20,31,38H,21H2,1H3,(H,35,39)(H,36,41)(H,37,40)/t31-/m1/s1. The van der Waals surface area contributed by atoms with Crippen LogP contribution in [0.1, 0.15) is 26.3 Å². The molecule has 8 nitrogen and oxygen atoms in total. The van der Waals surface area contributed by atoms with Crippen LogP contribution in [0.5, 0.6) is 11.5 Å². The number of phenols is 1. The molecule has 0 saturated heterocycles. The minimum atomic E-state index is -0.966. The van der Waals surface area contributed by atoms with Gasteiger partial charge in [-0.15, -0.1) is 0 Å². The van der Waals surface area contributed by atoms with Crippen molar-refractivity contribution in [2.75, 3.05) is 17.7 Å². The maximum absolute atomic E-state index is 13.6. The molecule has 0 fully saturated rings. The van der Waals surface area contributed by atoms with Crippen LogP contribution in [0.3, 0.4) is 0 Å². The van der Waals surface area contributed by atoms with Gasteiger partial charge in [0.1, 0.15) is 17.5 Å². The van der Waals surface area contributed by atoms with Crippen LogP contribution in [0.2, 0.25) is 0 Å². The minimum absolute atomic E-state index is 0.0982. The Labute approximate surface area is 243 Å². The van der Waals surface area contributed by atoms with Gasteiger partial charge in [-0.25, -0.2) is 0 Å². The molecule has 4 N–H and O–H groups in total. The summed E-state index contributed by atoms with van der Waals surface area (Å²) in [5, 5.41) is 20.2. The molecule has 0 aliphatic rings. The van der Waals surface area contributed by atoms with Gasteiger partial charge in [0.15, 0.2) is 0 Å². The number of fused-ring (bicyclic) bond motifs is 1. The summed E-state index contributed by atoms with van der Waals surface area (Å²) in [6.45, 7) is 0. The van der Waals surface area contributed by atoms with Gasteiger partial charge in [-0.05, 0) is 65.5 Å². The maximum atomic E-state index is 13.6. The highest BCUT2D eigenvalue weighted by molar-refractivity contribution is 6.10. The number of hydrogen-bond acceptors (Lipinski definition) is 5. The zero-order valence-corrected chi connectivity index (χ0v) is 22.8. The van der Waals surface area contributed by atoms with Gasteiger partial charge < -0.3 is 25.8 Å². The highest BCUT2D eigenvalue weighted by atomic mass is 16.5. The average Bonchev–Trinajstić information content (AvgIpc) is 3.02. The minimum Gasteiger partial charge on any atom is -0.508 e. The molecule has 210 valence electrons. The van der Waals surface area contributed by atoms with E-state index in [4.69, 9.17) is 4.74 Å². The number of rotatable bonds is 9. The first-order valence-electron chi connectivity index (χ1n) is 13.3. The van der Waals surface area contributed by atoms with E-state index in [1.807, 2.05) is 42.5 Å². The summed E-state index contributed by atoms with van der Waals surface area (Å²) < 4.78 is 5.15. The van der Waals surface area contributed by atoms with Crippen LogP contribution in [0.4, 0.5) is 11.4 Å². The quantitative estimate of drug-likeness (QED) is 0.183. The first kappa shape index (κ1) is 27.9. The number of anilines is 2. The smallest absolute Gasteiger partial charge is 0.255 e. The van der Waals surface area contributed by atoms with Gasteiger partial charge >= 0.3 is 0 Å². The van der Waals surface area contributed by atoms with E-state index < -0.39 is 23.8 Å². The molecule has 8 heteroatoms. The summed E-state index contributed by atoms with van der Waals surface area (Å²) in [7, 11) is 1.54. The highest BCUT2D eigenvalue weighted by Crippen LogP contribution is 2.24. The third-order valence-electron chi connectivity index (χ3n) is 6.82. The second-order valence-corrected chi connectivity index (χ2v) is 9.64. The molecule has 0 spiro atoms. The van der Waals surface area contributed by atoms with Crippen LogP contribution in [-0.4, -0.2) is 36.0 Å². The summed E-state index contributed by atoms with van der Waals surface area (Å²) >= 11 is 0. The molecular formula is C34H29N3O5. The third kappa shape index (κ3) is 6.56. The second kappa shape index (κ2) is 12.7. The van der Waals surface area contributed by atoms with E-state index in [-0.39, 0.29) is 17.7 Å². The largest absolute Gasteiger partial charge is 0.508 e. The Morgan fingerprint density at radius 2 is 1.38 bits per heavy atom. The number of aromatic hydroxyl groups is 1. The maximum Gasteiger partial charge on any atom is 0.255 e. The Bertz CT molecular complexity index is 1730. The number of carbonyl (C=O) groups is 3. The number of ether oxygens (including phenoxy) is 1. The van der Waals surface area contributed by atoms with Crippen molar-refractivity contribution < 1.29 is 24.2 Å². The van der Waals surface area contributed by atoms with Crippen LogP contribution in [0.25, 0.3) is 10.8 Å². The molecule has 0 unspecified atom stereocenters. The predicted molar refractivity (Wildman–Crippen MR) is 163 cm³/mol. The number of benzene rings is 5. The molecular weight excluding hydrogens is 530 g/mol. The monoisotopic (exact) mass is 559 g/mol. The van der Waals surface area contributed by atoms with Crippen molar-refractivity contribution in [2.45, 2.75) is 12.5 Å². The lowest BCUT2D eigenvalue weighted by molar-refractivity contribution is -0.118. The van der Waals surface area contributed by atoms with Gasteiger partial charge in [0.2, 0.25) is 5.91 Å². The first-order chi connectivity index (χ1) is 20.4. The van der Waals surface area contributed by atoms with Gasteiger partial charge in [0.25, 0.3) is 11.8 Å². The van der Waals surface area contributed by atoms with Crippen molar-refractivity contribution >= 4 is 39.9 Å². The molecule has 42 heavy (non-hydrogen) atoms. The van der Waals surface area contributed by atoms with E-state index in [1.54, 1.807) is 67.8 Å². The van der Waals surface area contributed by atoms with Crippen LogP contribution in [0, 0.1) is 0 Å². The fourth-order valence-electron chi connectivity index (χ4n) is 4.59. The molecule has 0 aromatic heterocycles. The number of methoxy groups -OCH3 is 1. The molecule has 0 bridgehead atoms. The zero-order valence-electron chi connectivity index (χ0n) is 22.8. The number of para-hydroxylation sites is 1. The number of hydrogen-bond donors (Lipinski definition) is 4. The lowest BCUT2D eigenvalue weighted by Gasteiger charge is -2.20. The highest BCUT2D eigenvalue weighted by Gasteiger charge is 2.24. The number of carbonyl (C=O) groups excluding carboxylic acids is 3. The van der Waals surface area contributed by atoms with Gasteiger partial charge in [-0.2, -0.15) is 0 Å². The van der Waals surface area contributed by atoms with Crippen molar-refractivity contribution in [3.63, 3.8) is 0 Å². The van der Waals surface area contributed by atoms with Gasteiger partial charge in [-0.3, -0.25) is 14.4 Å². The molecule has 0 heterocycles. The molecule has 0 saturated carbocycles. The van der Waals surface area contributed by atoms with E-state index in [2.05, 4.69) is 16.0 Å². The number of phenolic OH excluding ortho intramolecular Hbond substituents is 1. The van der Waals surface area contributed by atoms with Gasteiger partial charge in [-0.1, -0.05) is 60.7 Å². The third-order valence-corrected chi connectivity index (χ3v) is 6.82. The summed E-state index contributed by atoms with van der Waals surface area (Å²) in [5.41, 5.74) is 2.26. The lowest BCUT2D eigenvalue weighted by atomic mass is 10.0. The van der Waals surface area contributed by atoms with E-state index >= 15 is 0 Å². The lowest BCUT2D eigenvalue weighted by Crippen LogP contribution is -2.45. The van der Waals surface area contributed by atoms with Crippen LogP contribution >= 0.6 is 0 Å². The van der Waals surface area contributed by atoms with Crippen molar-refractivity contribution in [1.82, 2.24) is 5.32 Å². The molecule has 1 atom stereocenters. The van der Waals surface area contributed by atoms with Crippen molar-refractivity contribution in [3.05, 3.63) is 132 Å². The Balaban J connectivity index is 1.39. The Morgan fingerprint density at radius 3 is 2.14 bits per heavy atom. The summed E-state index contributed by atoms with van der Waals surface area (Å²) in [4.78, 5) is 40.2. The fourth-order valence-corrected chi connectivity index (χ4v) is 4.59. The Kier molecular flexibility index (Phi) is 8.44. The topological polar surface area (TPSA) is 117 Å². The van der Waals surface area contributed by atoms with Crippen molar-refractivity contribution in [2.24, 2.45) is 0 Å². The van der Waals surface area contributed by atoms with Gasteiger partial charge in [0, 0.05) is 23.1 Å². The van der Waals surface area contributed by atoms with Crippen molar-refractivity contribution in [3.8, 4) is 11.5 Å². The molecule has 0 aliphatic carbocycles. The fraction of sp³-hybridized carbons (Fsp3) is 0.0882. The Morgan fingerprint density at radius 1 is 0.714 bits per heavy atom. The zero-order chi connectivity index (χ0) is 29.5.